The first-order chi connectivity index (χ1) is 16.8. The minimum atomic E-state index is -3.67. The molecule has 0 aliphatic heterocycles. The second-order valence-corrected chi connectivity index (χ2v) is 10.6. The van der Waals surface area contributed by atoms with Gasteiger partial charge in [0, 0.05) is 36.0 Å². The van der Waals surface area contributed by atoms with Gasteiger partial charge in [0.1, 0.15) is 0 Å². The maximum Gasteiger partial charge on any atom is 0.335 e. The average molecular weight is 497 g/mol. The van der Waals surface area contributed by atoms with Gasteiger partial charge < -0.3 is 19.9 Å². The number of carboxylic acid groups (broad SMARTS) is 1. The number of rotatable bonds is 9. The normalized spacial score (nSPS) is 14.9. The summed E-state index contributed by atoms with van der Waals surface area (Å²) in [6.07, 6.45) is 8.49. The van der Waals surface area contributed by atoms with Crippen molar-refractivity contribution in [3.05, 3.63) is 77.6 Å². The number of anilines is 1. The highest BCUT2D eigenvalue weighted by Gasteiger charge is 2.27. The minimum Gasteiger partial charge on any atom is -0.493 e. The summed E-state index contributed by atoms with van der Waals surface area (Å²) in [5.74, 6) is -0.240. The van der Waals surface area contributed by atoms with E-state index in [-0.39, 0.29) is 16.6 Å². The molecule has 0 bridgehead atoms. The van der Waals surface area contributed by atoms with E-state index in [1.807, 2.05) is 6.07 Å². The van der Waals surface area contributed by atoms with Crippen LogP contribution in [0, 0.1) is 0 Å². The molecule has 2 N–H and O–H groups in total. The molecule has 1 unspecified atom stereocenters. The lowest BCUT2D eigenvalue weighted by molar-refractivity contribution is 0.0697. The Morgan fingerprint density at radius 3 is 2.51 bits per heavy atom. The van der Waals surface area contributed by atoms with Gasteiger partial charge in [-0.1, -0.05) is 12.1 Å². The number of nitrogens with zero attached hydrogens (tertiary/aromatic N) is 1. The van der Waals surface area contributed by atoms with Crippen molar-refractivity contribution in [1.29, 1.82) is 0 Å². The molecule has 9 heteroatoms. The number of benzene rings is 2. The first-order valence-electron chi connectivity index (χ1n) is 11.3. The van der Waals surface area contributed by atoms with Crippen LogP contribution in [0.2, 0.25) is 0 Å². The van der Waals surface area contributed by atoms with Gasteiger partial charge in [0.25, 0.3) is 0 Å². The van der Waals surface area contributed by atoms with Crippen LogP contribution in [0.5, 0.6) is 11.5 Å². The zero-order chi connectivity index (χ0) is 25.0. The second-order valence-electron chi connectivity index (χ2n) is 8.59. The highest BCUT2D eigenvalue weighted by atomic mass is 32.2. The summed E-state index contributed by atoms with van der Waals surface area (Å²) >= 11 is 0. The van der Waals surface area contributed by atoms with Gasteiger partial charge in [-0.05, 0) is 61.6 Å². The Balaban J connectivity index is 1.87. The molecule has 1 aliphatic carbocycles. The molecule has 1 fully saturated rings. The van der Waals surface area contributed by atoms with Crippen molar-refractivity contribution in [1.82, 2.24) is 4.98 Å². The van der Waals surface area contributed by atoms with E-state index in [1.165, 1.54) is 25.3 Å². The highest BCUT2D eigenvalue weighted by molar-refractivity contribution is 7.90. The summed E-state index contributed by atoms with van der Waals surface area (Å²) in [5.41, 5.74) is 1.79. The third kappa shape index (κ3) is 5.74. The Bertz CT molecular complexity index is 1300. The Morgan fingerprint density at radius 1 is 1.11 bits per heavy atom. The Morgan fingerprint density at radius 2 is 1.89 bits per heavy atom. The van der Waals surface area contributed by atoms with E-state index in [0.717, 1.165) is 31.9 Å². The Labute approximate surface area is 204 Å². The average Bonchev–Trinajstić information content (AvgIpc) is 3.35. The molecule has 0 amide bonds. The molecule has 1 atom stereocenters. The minimum absolute atomic E-state index is 0.0397. The van der Waals surface area contributed by atoms with Crippen molar-refractivity contribution in [3.63, 3.8) is 0 Å². The number of hydrogen-bond acceptors (Lipinski definition) is 7. The number of sulfone groups is 1. The number of carboxylic acids is 1. The second kappa shape index (κ2) is 10.4. The fourth-order valence-corrected chi connectivity index (χ4v) is 5.26. The first-order valence-corrected chi connectivity index (χ1v) is 13.2. The van der Waals surface area contributed by atoms with E-state index in [9.17, 15) is 18.3 Å². The lowest BCUT2D eigenvalue weighted by atomic mass is 9.98. The summed E-state index contributed by atoms with van der Waals surface area (Å²) in [5, 5.41) is 12.7. The van der Waals surface area contributed by atoms with Crippen LogP contribution in [0.4, 0.5) is 5.69 Å². The predicted octanol–water partition coefficient (Wildman–Crippen LogP) is 4.71. The molecular weight excluding hydrogens is 468 g/mol. The van der Waals surface area contributed by atoms with Crippen LogP contribution in [-0.4, -0.2) is 43.9 Å². The van der Waals surface area contributed by atoms with Crippen molar-refractivity contribution in [3.8, 4) is 11.5 Å². The van der Waals surface area contributed by atoms with Crippen LogP contribution in [0.1, 0.15) is 53.2 Å². The van der Waals surface area contributed by atoms with Gasteiger partial charge in [0.2, 0.25) is 0 Å². The van der Waals surface area contributed by atoms with Crippen LogP contribution in [0.25, 0.3) is 0 Å². The molecule has 0 radical (unpaired) electrons. The van der Waals surface area contributed by atoms with Gasteiger partial charge in [-0.15, -0.1) is 0 Å². The first kappa shape index (κ1) is 24.5. The molecule has 0 saturated heterocycles. The van der Waals surface area contributed by atoms with Gasteiger partial charge in [-0.25, -0.2) is 13.2 Å². The van der Waals surface area contributed by atoms with Crippen LogP contribution < -0.4 is 14.8 Å². The highest BCUT2D eigenvalue weighted by Crippen LogP contribution is 2.40. The number of nitrogens with one attached hydrogen (secondary N) is 1. The summed E-state index contributed by atoms with van der Waals surface area (Å²) in [4.78, 5) is 15.8. The number of carbonyl (C=O) groups is 1. The van der Waals surface area contributed by atoms with Crippen molar-refractivity contribution in [2.75, 3.05) is 18.7 Å². The third-order valence-electron chi connectivity index (χ3n) is 6.04. The largest absolute Gasteiger partial charge is 0.493 e. The van der Waals surface area contributed by atoms with Gasteiger partial charge in [0.15, 0.2) is 21.3 Å². The summed E-state index contributed by atoms with van der Waals surface area (Å²) in [6, 6.07) is 12.5. The fraction of sp³-hybridized carbons (Fsp3) is 0.308. The molecular formula is C26H28N2O6S. The Hall–Kier alpha value is -3.59. The van der Waals surface area contributed by atoms with E-state index < -0.39 is 21.8 Å². The fourth-order valence-electron chi connectivity index (χ4n) is 4.34. The number of aromatic carboxylic acids is 1. The van der Waals surface area contributed by atoms with Gasteiger partial charge >= 0.3 is 5.97 Å². The molecule has 0 spiro atoms. The number of aromatic nitrogens is 1. The molecule has 1 aromatic heterocycles. The lowest BCUT2D eigenvalue weighted by Gasteiger charge is -2.25. The topological polar surface area (TPSA) is 115 Å². The van der Waals surface area contributed by atoms with E-state index in [4.69, 9.17) is 9.47 Å². The molecule has 1 aliphatic rings. The van der Waals surface area contributed by atoms with Gasteiger partial charge in [-0.2, -0.15) is 0 Å². The monoisotopic (exact) mass is 496 g/mol. The van der Waals surface area contributed by atoms with Crippen molar-refractivity contribution in [2.45, 2.75) is 42.7 Å². The molecule has 8 nitrogen and oxygen atoms in total. The van der Waals surface area contributed by atoms with E-state index in [2.05, 4.69) is 10.3 Å². The predicted molar refractivity (Wildman–Crippen MR) is 132 cm³/mol. The maximum atomic E-state index is 12.9. The van der Waals surface area contributed by atoms with Gasteiger partial charge in [-0.3, -0.25) is 4.98 Å². The molecule has 2 aromatic carbocycles. The SMILES string of the molecule is COc1cc(S(C)(=O)=O)c(C(Nc2cccc(C(=O)O)c2)c2cccnc2)cc1OC1CCCC1. The Kier molecular flexibility index (Phi) is 7.25. The van der Waals surface area contributed by atoms with E-state index in [1.54, 1.807) is 36.7 Å². The summed E-state index contributed by atoms with van der Waals surface area (Å²) < 4.78 is 37.5. The van der Waals surface area contributed by atoms with Crippen LogP contribution in [0.3, 0.4) is 0 Å². The maximum absolute atomic E-state index is 12.9. The zero-order valence-electron chi connectivity index (χ0n) is 19.6. The third-order valence-corrected chi connectivity index (χ3v) is 7.19. The molecule has 4 rings (SSSR count). The van der Waals surface area contributed by atoms with Crippen LogP contribution >= 0.6 is 0 Å². The molecule has 3 aromatic rings. The van der Waals surface area contributed by atoms with E-state index >= 15 is 0 Å². The van der Waals surface area contributed by atoms with Crippen molar-refractivity contribution < 1.29 is 27.8 Å². The number of methoxy groups -OCH3 is 1. The molecule has 1 saturated carbocycles. The number of hydrogen-bond donors (Lipinski definition) is 2. The van der Waals surface area contributed by atoms with Crippen molar-refractivity contribution >= 4 is 21.5 Å². The molecule has 184 valence electrons. The zero-order valence-corrected chi connectivity index (χ0v) is 20.4. The van der Waals surface area contributed by atoms with Crippen LogP contribution in [-0.2, 0) is 9.84 Å². The van der Waals surface area contributed by atoms with E-state index in [0.29, 0.717) is 28.3 Å². The smallest absolute Gasteiger partial charge is 0.335 e. The lowest BCUT2D eigenvalue weighted by Crippen LogP contribution is -2.18. The summed E-state index contributed by atoms with van der Waals surface area (Å²) in [6.45, 7) is 0. The molecule has 35 heavy (non-hydrogen) atoms. The van der Waals surface area contributed by atoms with Gasteiger partial charge in [0.05, 0.1) is 29.7 Å². The number of ether oxygens (including phenoxy) is 2. The van der Waals surface area contributed by atoms with Crippen molar-refractivity contribution in [2.24, 2.45) is 0 Å². The number of pyridine rings is 1. The standard InChI is InChI=1S/C26H28N2O6S/c1-33-22-15-24(35(2,31)32)21(14-23(22)34-20-10-3-4-11-20)25(18-8-6-12-27-16-18)28-19-9-5-7-17(13-19)26(29)30/h5-9,12-16,20,25,28H,3-4,10-11H2,1-2H3,(H,29,30). The summed E-state index contributed by atoms with van der Waals surface area (Å²) in [7, 11) is -2.18. The van der Waals surface area contributed by atoms with Crippen LogP contribution in [0.15, 0.2) is 65.8 Å². The molecule has 1 heterocycles. The quantitative estimate of drug-likeness (QED) is 0.438.